The van der Waals surface area contributed by atoms with Crippen molar-refractivity contribution in [3.63, 3.8) is 0 Å². The molecule has 0 aliphatic heterocycles. The largest absolute Gasteiger partial charge is 0.308 e. The minimum absolute atomic E-state index is 0.674. The quantitative estimate of drug-likeness (QED) is 0.185. The Hall–Kier alpha value is -0.160. The highest BCUT2D eigenvalue weighted by Crippen LogP contribution is 1.67. The van der Waals surface area contributed by atoms with Crippen LogP contribution in [-0.4, -0.2) is 38.8 Å². The highest BCUT2D eigenvalue weighted by Gasteiger charge is 1.86. The second-order valence-corrected chi connectivity index (χ2v) is 2.18. The average molecular weight is 132 g/mol. The zero-order valence-corrected chi connectivity index (χ0v) is 6.15. The van der Waals surface area contributed by atoms with E-state index in [0.717, 1.165) is 13.1 Å². The Labute approximate surface area is 56.4 Å². The first-order valence-electron chi connectivity index (χ1n) is 3.06. The fourth-order valence-electron chi connectivity index (χ4n) is 0.463. The van der Waals surface area contributed by atoms with Gasteiger partial charge in [-0.1, -0.05) is 0 Å². The van der Waals surface area contributed by atoms with Gasteiger partial charge in [-0.2, -0.15) is 0 Å². The van der Waals surface area contributed by atoms with Crippen molar-refractivity contribution in [2.75, 3.05) is 33.9 Å². The van der Waals surface area contributed by atoms with Gasteiger partial charge in [0.05, 0.1) is 6.67 Å². The Balaban J connectivity index is 2.75. The van der Waals surface area contributed by atoms with Gasteiger partial charge in [0.25, 0.3) is 0 Å². The highest BCUT2D eigenvalue weighted by atomic mass is 15.3. The number of hydrazine groups is 1. The Morgan fingerprint density at radius 2 is 2.11 bits per heavy atom. The van der Waals surface area contributed by atoms with Gasteiger partial charge in [-0.15, -0.1) is 0 Å². The van der Waals surface area contributed by atoms with E-state index in [2.05, 4.69) is 15.6 Å². The molecule has 0 amide bonds. The van der Waals surface area contributed by atoms with Gasteiger partial charge in [0.15, 0.2) is 0 Å². The molecule has 0 rings (SSSR count). The summed E-state index contributed by atoms with van der Waals surface area (Å²) >= 11 is 0. The SMILES string of the molecule is CN(C)CCNCNN. The minimum atomic E-state index is 0.674. The zero-order valence-electron chi connectivity index (χ0n) is 6.15. The normalized spacial score (nSPS) is 10.7. The molecule has 0 aliphatic carbocycles. The molecule has 56 valence electrons. The van der Waals surface area contributed by atoms with Crippen molar-refractivity contribution in [2.24, 2.45) is 5.84 Å². The summed E-state index contributed by atoms with van der Waals surface area (Å²) in [5, 5.41) is 3.09. The summed E-state index contributed by atoms with van der Waals surface area (Å²) in [7, 11) is 4.08. The number of rotatable bonds is 5. The third-order valence-corrected chi connectivity index (χ3v) is 0.963. The first-order chi connectivity index (χ1) is 4.27. The number of likely N-dealkylation sites (N-methyl/N-ethyl adjacent to an activating group) is 1. The zero-order chi connectivity index (χ0) is 7.11. The van der Waals surface area contributed by atoms with E-state index in [1.807, 2.05) is 14.1 Å². The maximum absolute atomic E-state index is 5.02. The minimum Gasteiger partial charge on any atom is -0.308 e. The van der Waals surface area contributed by atoms with Gasteiger partial charge in [0, 0.05) is 13.1 Å². The molecule has 0 unspecified atom stereocenters. The van der Waals surface area contributed by atoms with Gasteiger partial charge < -0.3 is 10.2 Å². The Morgan fingerprint density at radius 1 is 1.44 bits per heavy atom. The van der Waals surface area contributed by atoms with Crippen LogP contribution in [0.15, 0.2) is 0 Å². The van der Waals surface area contributed by atoms with Gasteiger partial charge in [0.2, 0.25) is 0 Å². The fourth-order valence-corrected chi connectivity index (χ4v) is 0.463. The van der Waals surface area contributed by atoms with E-state index in [0.29, 0.717) is 6.67 Å². The van der Waals surface area contributed by atoms with Crippen LogP contribution in [0.4, 0.5) is 0 Å². The van der Waals surface area contributed by atoms with Gasteiger partial charge in [-0.05, 0) is 14.1 Å². The Bertz CT molecular complexity index is 54.9. The molecule has 0 fully saturated rings. The molecule has 0 atom stereocenters. The predicted octanol–water partition coefficient (Wildman–Crippen LogP) is -1.44. The van der Waals surface area contributed by atoms with Crippen LogP contribution in [0, 0.1) is 0 Å². The van der Waals surface area contributed by atoms with E-state index in [1.165, 1.54) is 0 Å². The van der Waals surface area contributed by atoms with Crippen LogP contribution in [0.25, 0.3) is 0 Å². The number of hydrogen-bond donors (Lipinski definition) is 3. The summed E-state index contributed by atoms with van der Waals surface area (Å²) in [6, 6.07) is 0. The maximum Gasteiger partial charge on any atom is 0.0587 e. The third-order valence-electron chi connectivity index (χ3n) is 0.963. The van der Waals surface area contributed by atoms with Crippen LogP contribution >= 0.6 is 0 Å². The molecule has 0 saturated heterocycles. The summed E-state index contributed by atoms with van der Waals surface area (Å²) in [5.74, 6) is 5.02. The number of nitrogens with two attached hydrogens (primary N) is 1. The van der Waals surface area contributed by atoms with Gasteiger partial charge in [-0.3, -0.25) is 5.84 Å². The van der Waals surface area contributed by atoms with E-state index < -0.39 is 0 Å². The second-order valence-electron chi connectivity index (χ2n) is 2.18. The van der Waals surface area contributed by atoms with E-state index in [1.54, 1.807) is 0 Å². The molecule has 0 radical (unpaired) electrons. The van der Waals surface area contributed by atoms with Crippen LogP contribution < -0.4 is 16.6 Å². The smallest absolute Gasteiger partial charge is 0.0587 e. The number of nitrogens with one attached hydrogen (secondary N) is 2. The molecular formula is C5H16N4. The molecule has 4 N–H and O–H groups in total. The van der Waals surface area contributed by atoms with E-state index in [-0.39, 0.29) is 0 Å². The molecule has 4 nitrogen and oxygen atoms in total. The number of nitrogens with zero attached hydrogens (tertiary/aromatic N) is 1. The second kappa shape index (κ2) is 5.97. The lowest BCUT2D eigenvalue weighted by Gasteiger charge is -2.09. The molecular weight excluding hydrogens is 116 g/mol. The van der Waals surface area contributed by atoms with Crippen LogP contribution in [0.3, 0.4) is 0 Å². The lowest BCUT2D eigenvalue weighted by molar-refractivity contribution is 0.396. The fraction of sp³-hybridized carbons (Fsp3) is 1.00. The molecule has 4 heteroatoms. The lowest BCUT2D eigenvalue weighted by atomic mass is 10.6. The van der Waals surface area contributed by atoms with Crippen LogP contribution in [0.1, 0.15) is 0 Å². The van der Waals surface area contributed by atoms with Gasteiger partial charge in [-0.25, -0.2) is 5.43 Å². The van der Waals surface area contributed by atoms with Gasteiger partial charge >= 0.3 is 0 Å². The van der Waals surface area contributed by atoms with Gasteiger partial charge in [0.1, 0.15) is 0 Å². The summed E-state index contributed by atoms with van der Waals surface area (Å²) in [6.07, 6.45) is 0. The molecule has 0 aromatic heterocycles. The molecule has 0 aromatic rings. The van der Waals surface area contributed by atoms with Crippen molar-refractivity contribution in [1.29, 1.82) is 0 Å². The topological polar surface area (TPSA) is 53.3 Å². The Morgan fingerprint density at radius 3 is 2.56 bits per heavy atom. The Kier molecular flexibility index (Phi) is 5.86. The first-order valence-corrected chi connectivity index (χ1v) is 3.06. The molecule has 9 heavy (non-hydrogen) atoms. The van der Waals surface area contributed by atoms with Crippen molar-refractivity contribution >= 4 is 0 Å². The van der Waals surface area contributed by atoms with Crippen molar-refractivity contribution in [3.8, 4) is 0 Å². The maximum atomic E-state index is 5.02. The molecule has 0 spiro atoms. The van der Waals surface area contributed by atoms with E-state index in [9.17, 15) is 0 Å². The van der Waals surface area contributed by atoms with Crippen molar-refractivity contribution < 1.29 is 0 Å². The van der Waals surface area contributed by atoms with Crippen molar-refractivity contribution in [1.82, 2.24) is 15.6 Å². The summed E-state index contributed by atoms with van der Waals surface area (Å²) in [6.45, 7) is 2.69. The van der Waals surface area contributed by atoms with Crippen LogP contribution in [0.2, 0.25) is 0 Å². The standard InChI is InChI=1S/C5H16N4/c1-9(2)4-3-7-5-8-6/h7-8H,3-6H2,1-2H3. The molecule has 0 aliphatic rings. The third kappa shape index (κ3) is 7.84. The summed E-state index contributed by atoms with van der Waals surface area (Å²) in [4.78, 5) is 2.11. The number of hydrogen-bond acceptors (Lipinski definition) is 4. The molecule has 0 saturated carbocycles. The van der Waals surface area contributed by atoms with Crippen molar-refractivity contribution in [2.45, 2.75) is 0 Å². The lowest BCUT2D eigenvalue weighted by Crippen LogP contribution is -2.37. The molecule has 0 heterocycles. The predicted molar refractivity (Wildman–Crippen MR) is 38.7 cm³/mol. The van der Waals surface area contributed by atoms with Crippen LogP contribution in [0.5, 0.6) is 0 Å². The first kappa shape index (κ1) is 8.84. The van der Waals surface area contributed by atoms with E-state index in [4.69, 9.17) is 5.84 Å². The van der Waals surface area contributed by atoms with Crippen LogP contribution in [-0.2, 0) is 0 Å². The molecule has 0 bridgehead atoms. The monoisotopic (exact) mass is 132 g/mol. The summed E-state index contributed by atoms with van der Waals surface area (Å²) < 4.78 is 0. The summed E-state index contributed by atoms with van der Waals surface area (Å²) in [5.41, 5.74) is 2.51. The average Bonchev–Trinajstić information content (AvgIpc) is 1.80. The molecule has 0 aromatic carbocycles. The highest BCUT2D eigenvalue weighted by molar-refractivity contribution is 4.46. The van der Waals surface area contributed by atoms with Crippen molar-refractivity contribution in [3.05, 3.63) is 0 Å². The van der Waals surface area contributed by atoms with E-state index >= 15 is 0 Å².